The largest absolute Gasteiger partial charge is 2.00 e. The summed E-state index contributed by atoms with van der Waals surface area (Å²) in [6.45, 7) is 8.00. The molecule has 92 valence electrons. The van der Waals surface area contributed by atoms with Crippen molar-refractivity contribution in [2.45, 2.75) is 53.4 Å². The molecule has 15 heavy (non-hydrogen) atoms. The second kappa shape index (κ2) is 24.1. The van der Waals surface area contributed by atoms with Gasteiger partial charge in [-0.1, -0.05) is 0 Å². The van der Waals surface area contributed by atoms with Crippen LogP contribution in [0.2, 0.25) is 0 Å². The van der Waals surface area contributed by atoms with Gasteiger partial charge in [0, 0.05) is 0 Å². The quantitative estimate of drug-likeness (QED) is 0.521. The molecule has 1 fully saturated rings. The van der Waals surface area contributed by atoms with Crippen molar-refractivity contribution in [3.8, 4) is 0 Å². The van der Waals surface area contributed by atoms with Gasteiger partial charge in [0.25, 0.3) is 0 Å². The van der Waals surface area contributed by atoms with Crippen LogP contribution < -0.4 is 0 Å². The van der Waals surface area contributed by atoms with Crippen LogP contribution in [0, 0.1) is 38.5 Å². The molecule has 0 nitrogen and oxygen atoms in total. The Kier molecular flexibility index (Phi) is 33.8. The van der Waals surface area contributed by atoms with Crippen LogP contribution in [0.15, 0.2) is 0 Å². The molecule has 0 atom stereocenters. The number of rotatable bonds is 0. The number of hydrogen-bond acceptors (Lipinski definition) is 0. The van der Waals surface area contributed by atoms with E-state index in [9.17, 15) is 0 Å². The summed E-state index contributed by atoms with van der Waals surface area (Å²) in [5, 5.41) is 0. The van der Waals surface area contributed by atoms with Crippen LogP contribution in [-0.4, -0.2) is 0 Å². The van der Waals surface area contributed by atoms with Crippen molar-refractivity contribution in [1.82, 2.24) is 0 Å². The summed E-state index contributed by atoms with van der Waals surface area (Å²) < 4.78 is 0. The minimum atomic E-state index is 0. The monoisotopic (exact) mass is 389 g/mol. The normalized spacial score (nSPS) is 15.2. The first-order valence-corrected chi connectivity index (χ1v) is 5.61. The van der Waals surface area contributed by atoms with Gasteiger partial charge in [0.05, 0.1) is 0 Å². The Morgan fingerprint density at radius 3 is 0.867 bits per heavy atom. The summed E-state index contributed by atoms with van der Waals surface area (Å²) >= 11 is 0. The van der Waals surface area contributed by atoms with Crippen LogP contribution >= 0.6 is 0 Å². The second-order valence-corrected chi connectivity index (χ2v) is 3.25. The summed E-state index contributed by atoms with van der Waals surface area (Å²) in [5.74, 6) is 0. The Balaban J connectivity index is -0.000000177. The van der Waals surface area contributed by atoms with E-state index >= 15 is 0 Å². The van der Waals surface area contributed by atoms with Gasteiger partial charge in [-0.25, -0.2) is 0 Å². The third kappa shape index (κ3) is 31.3. The smallest absolute Gasteiger partial charge is 0.335 e. The van der Waals surface area contributed by atoms with Crippen molar-refractivity contribution in [1.29, 1.82) is 0 Å². The second-order valence-electron chi connectivity index (χ2n) is 3.25. The molecule has 1 aliphatic carbocycles. The van der Waals surface area contributed by atoms with Crippen LogP contribution in [0.5, 0.6) is 0 Å². The van der Waals surface area contributed by atoms with Crippen LogP contribution in [-0.2, 0) is 21.1 Å². The molecule has 1 aliphatic rings. The molecule has 0 aromatic rings. The molecule has 4 radical (unpaired) electrons. The Morgan fingerprint density at radius 1 is 0.600 bits per heavy atom. The fraction of sp³-hybridized carbons (Fsp3) is 0.571. The average Bonchev–Trinajstić information content (AvgIpc) is 2.04. The molecule has 0 saturated heterocycles. The maximum atomic E-state index is 2.27. The van der Waals surface area contributed by atoms with Gasteiger partial charge in [-0.3, -0.25) is 0 Å². The summed E-state index contributed by atoms with van der Waals surface area (Å²) in [6, 6.07) is 0. The molecular formula is C14H26Pt. The zero-order chi connectivity index (χ0) is 11.1. The molecule has 0 unspecified atom stereocenters. The molecule has 1 saturated carbocycles. The molecule has 0 amide bonds. The summed E-state index contributed by atoms with van der Waals surface area (Å²) in [5.41, 5.74) is 0. The van der Waals surface area contributed by atoms with Crippen molar-refractivity contribution in [3.63, 3.8) is 0 Å². The van der Waals surface area contributed by atoms with Crippen molar-refractivity contribution in [2.75, 3.05) is 0 Å². The molecule has 0 heterocycles. The Bertz CT molecular complexity index is 45.7. The molecule has 0 aliphatic heterocycles. The zero-order valence-corrected chi connectivity index (χ0v) is 12.9. The maximum Gasteiger partial charge on any atom is 2.00 e. The Morgan fingerprint density at radius 2 is 0.733 bits per heavy atom. The van der Waals surface area contributed by atoms with E-state index in [2.05, 4.69) is 25.7 Å². The summed E-state index contributed by atoms with van der Waals surface area (Å²) in [4.78, 5) is 0. The third-order valence-corrected chi connectivity index (χ3v) is 1.33. The van der Waals surface area contributed by atoms with Crippen molar-refractivity contribution >= 4 is 0 Å². The van der Waals surface area contributed by atoms with E-state index in [0.29, 0.717) is 0 Å². The summed E-state index contributed by atoms with van der Waals surface area (Å²) in [6.07, 6.45) is 18.0. The molecular weight excluding hydrogens is 363 g/mol. The maximum absolute atomic E-state index is 2.27. The van der Waals surface area contributed by atoms with Gasteiger partial charge in [-0.05, 0) is 51.4 Å². The topological polar surface area (TPSA) is 0 Å². The van der Waals surface area contributed by atoms with Crippen molar-refractivity contribution in [3.05, 3.63) is 38.5 Å². The fourth-order valence-corrected chi connectivity index (χ4v) is 0.856. The van der Waals surface area contributed by atoms with E-state index in [-0.39, 0.29) is 21.1 Å². The van der Waals surface area contributed by atoms with E-state index in [0.717, 1.165) is 0 Å². The van der Waals surface area contributed by atoms with Crippen LogP contribution in [0.4, 0.5) is 0 Å². The van der Waals surface area contributed by atoms with E-state index in [1.165, 1.54) is 25.7 Å². The molecule has 0 bridgehead atoms. The minimum Gasteiger partial charge on any atom is -0.335 e. The Labute approximate surface area is 113 Å². The van der Waals surface area contributed by atoms with E-state index < -0.39 is 0 Å². The van der Waals surface area contributed by atoms with Gasteiger partial charge in [0.1, 0.15) is 0 Å². The first-order chi connectivity index (χ1) is 6.83. The van der Waals surface area contributed by atoms with Gasteiger partial charge in [0.2, 0.25) is 0 Å². The summed E-state index contributed by atoms with van der Waals surface area (Å²) in [7, 11) is 0. The SMILES string of the molecule is C[CH-]C.C[CH-]C.[CH]1[CH]CC[CH][CH]CC1.[Pt+2]. The first kappa shape index (κ1) is 21.0. The van der Waals surface area contributed by atoms with Crippen LogP contribution in [0.3, 0.4) is 0 Å². The Hall–Kier alpha value is 0.688. The van der Waals surface area contributed by atoms with Crippen molar-refractivity contribution in [2.24, 2.45) is 0 Å². The van der Waals surface area contributed by atoms with E-state index in [1.807, 2.05) is 40.5 Å². The zero-order valence-electron chi connectivity index (χ0n) is 10.6. The molecule has 1 heteroatoms. The van der Waals surface area contributed by atoms with Gasteiger partial charge in [-0.2, -0.15) is 27.7 Å². The van der Waals surface area contributed by atoms with Gasteiger partial charge in [-0.15, -0.1) is 0 Å². The molecule has 0 aromatic carbocycles. The average molecular weight is 389 g/mol. The van der Waals surface area contributed by atoms with Gasteiger partial charge in [0.15, 0.2) is 0 Å². The van der Waals surface area contributed by atoms with Gasteiger partial charge < -0.3 is 12.8 Å². The number of hydrogen-bond donors (Lipinski definition) is 0. The predicted octanol–water partition coefficient (Wildman–Crippen LogP) is 4.84. The first-order valence-electron chi connectivity index (χ1n) is 5.61. The standard InChI is InChI=1S/C8H12.2C3H7.Pt/c1-2-4-6-8-7-5-3-1;2*1-3-2;/h1-2,7-8H,3-6H2;2*3H,1-2H3;/q;2*-1;+2. The molecule has 0 aromatic heterocycles. The van der Waals surface area contributed by atoms with E-state index in [1.54, 1.807) is 0 Å². The van der Waals surface area contributed by atoms with Crippen LogP contribution in [0.1, 0.15) is 53.4 Å². The minimum absolute atomic E-state index is 0. The third-order valence-electron chi connectivity index (χ3n) is 1.33. The fourth-order valence-electron chi connectivity index (χ4n) is 0.856. The van der Waals surface area contributed by atoms with Crippen LogP contribution in [0.25, 0.3) is 0 Å². The predicted molar refractivity (Wildman–Crippen MR) is 67.0 cm³/mol. The molecule has 0 N–H and O–H groups in total. The molecule has 1 rings (SSSR count). The van der Waals surface area contributed by atoms with Crippen molar-refractivity contribution < 1.29 is 21.1 Å². The van der Waals surface area contributed by atoms with E-state index in [4.69, 9.17) is 0 Å². The van der Waals surface area contributed by atoms with Gasteiger partial charge >= 0.3 is 21.1 Å². The molecule has 0 spiro atoms.